The van der Waals surface area contributed by atoms with Crippen molar-refractivity contribution in [2.45, 2.75) is 19.9 Å². The van der Waals surface area contributed by atoms with E-state index in [-0.39, 0.29) is 5.84 Å². The molecule has 2 aromatic rings. The number of oxime groups is 1. The maximum Gasteiger partial charge on any atom is 0.140 e. The van der Waals surface area contributed by atoms with E-state index in [1.54, 1.807) is 0 Å². The van der Waals surface area contributed by atoms with E-state index in [9.17, 15) is 0 Å². The molecule has 0 saturated heterocycles. The first-order chi connectivity index (χ1) is 9.60. The minimum Gasteiger partial charge on any atom is -0.409 e. The van der Waals surface area contributed by atoms with Gasteiger partial charge in [-0.25, -0.2) is 0 Å². The molecule has 1 aromatic carbocycles. The summed E-state index contributed by atoms with van der Waals surface area (Å²) < 4.78 is 0. The van der Waals surface area contributed by atoms with E-state index in [1.807, 2.05) is 32.2 Å². The molecule has 0 spiro atoms. The molecule has 0 atom stereocenters. The van der Waals surface area contributed by atoms with Crippen LogP contribution in [-0.4, -0.2) is 34.5 Å². The predicted molar refractivity (Wildman–Crippen MR) is 80.8 cm³/mol. The number of pyridine rings is 1. The molecule has 0 unspecified atom stereocenters. The number of para-hydroxylation sites is 1. The van der Waals surface area contributed by atoms with Gasteiger partial charge < -0.3 is 15.8 Å². The topological polar surface area (TPSA) is 74.7 Å². The van der Waals surface area contributed by atoms with Gasteiger partial charge in [0.2, 0.25) is 0 Å². The summed E-state index contributed by atoms with van der Waals surface area (Å²) in [6, 6.07) is 10.3. The molecule has 0 bridgehead atoms. The van der Waals surface area contributed by atoms with Crippen molar-refractivity contribution in [2.75, 3.05) is 13.6 Å². The number of nitrogens with zero attached hydrogens (tertiary/aromatic N) is 3. The van der Waals surface area contributed by atoms with E-state index in [0.29, 0.717) is 6.42 Å². The van der Waals surface area contributed by atoms with Crippen LogP contribution < -0.4 is 5.73 Å². The van der Waals surface area contributed by atoms with Crippen molar-refractivity contribution in [2.24, 2.45) is 10.9 Å². The van der Waals surface area contributed by atoms with Crippen molar-refractivity contribution < 1.29 is 5.21 Å². The zero-order valence-corrected chi connectivity index (χ0v) is 11.9. The van der Waals surface area contributed by atoms with E-state index >= 15 is 0 Å². The quantitative estimate of drug-likeness (QED) is 0.378. The van der Waals surface area contributed by atoms with E-state index in [2.05, 4.69) is 27.2 Å². The Bertz CT molecular complexity index is 624. The number of benzene rings is 1. The van der Waals surface area contributed by atoms with Crippen LogP contribution in [0.15, 0.2) is 35.5 Å². The molecule has 5 nitrogen and oxygen atoms in total. The Balaban J connectivity index is 2.16. The fourth-order valence-corrected chi connectivity index (χ4v) is 2.25. The second-order valence-electron chi connectivity index (χ2n) is 5.02. The van der Waals surface area contributed by atoms with Crippen molar-refractivity contribution in [3.63, 3.8) is 0 Å². The second kappa shape index (κ2) is 6.34. The summed E-state index contributed by atoms with van der Waals surface area (Å²) in [6.07, 6.45) is 0.551. The molecule has 0 fully saturated rings. The van der Waals surface area contributed by atoms with Crippen molar-refractivity contribution in [1.29, 1.82) is 0 Å². The molecule has 20 heavy (non-hydrogen) atoms. The summed E-state index contributed by atoms with van der Waals surface area (Å²) in [6.45, 7) is 3.56. The molecule has 0 radical (unpaired) electrons. The Kier molecular flexibility index (Phi) is 4.53. The number of amidine groups is 1. The molecule has 2 rings (SSSR count). The van der Waals surface area contributed by atoms with Gasteiger partial charge in [0, 0.05) is 30.6 Å². The first kappa shape index (κ1) is 14.3. The predicted octanol–water partition coefficient (Wildman–Crippen LogP) is 2.11. The van der Waals surface area contributed by atoms with E-state index in [1.165, 1.54) is 10.9 Å². The van der Waals surface area contributed by atoms with Crippen molar-refractivity contribution in [1.82, 2.24) is 9.88 Å². The Morgan fingerprint density at radius 1 is 1.40 bits per heavy atom. The van der Waals surface area contributed by atoms with Gasteiger partial charge in [0.1, 0.15) is 5.84 Å². The Morgan fingerprint density at radius 3 is 2.90 bits per heavy atom. The fraction of sp³-hybridized carbons (Fsp3) is 0.333. The minimum atomic E-state index is 0.257. The molecule has 3 N–H and O–H groups in total. The average molecular weight is 272 g/mol. The number of hydrogen-bond donors (Lipinski definition) is 2. The number of hydrogen-bond acceptors (Lipinski definition) is 4. The smallest absolute Gasteiger partial charge is 0.140 e. The van der Waals surface area contributed by atoms with Crippen LogP contribution in [0.4, 0.5) is 0 Å². The first-order valence-electron chi connectivity index (χ1n) is 6.60. The molecule has 0 aliphatic heterocycles. The molecular formula is C15H20N4O. The molecule has 0 saturated carbocycles. The third-order valence-corrected chi connectivity index (χ3v) is 3.25. The van der Waals surface area contributed by atoms with Gasteiger partial charge in [-0.15, -0.1) is 0 Å². The number of aromatic nitrogens is 1. The highest BCUT2D eigenvalue weighted by atomic mass is 16.4. The number of nitrogens with two attached hydrogens (primary N) is 1. The number of fused-ring (bicyclic) bond motifs is 1. The monoisotopic (exact) mass is 272 g/mol. The lowest BCUT2D eigenvalue weighted by molar-refractivity contribution is 0.310. The van der Waals surface area contributed by atoms with Crippen LogP contribution in [-0.2, 0) is 6.54 Å². The standard InChI is InChI=1S/C15H20N4O/c1-11-9-12(10-19(2)8-7-15(16)18-20)13-5-3-4-6-14(13)17-11/h3-6,9,20H,7-8,10H2,1-2H3,(H2,16,18). The minimum absolute atomic E-state index is 0.257. The third kappa shape index (κ3) is 3.45. The Labute approximate surface area is 118 Å². The summed E-state index contributed by atoms with van der Waals surface area (Å²) in [5.41, 5.74) is 8.78. The molecule has 1 heterocycles. The van der Waals surface area contributed by atoms with Gasteiger partial charge in [-0.1, -0.05) is 23.4 Å². The van der Waals surface area contributed by atoms with Crippen LogP contribution in [0.3, 0.4) is 0 Å². The first-order valence-corrected chi connectivity index (χ1v) is 6.60. The van der Waals surface area contributed by atoms with Crippen LogP contribution in [0.25, 0.3) is 10.9 Å². The highest BCUT2D eigenvalue weighted by Gasteiger charge is 2.07. The molecule has 0 aliphatic rings. The summed E-state index contributed by atoms with van der Waals surface area (Å²) >= 11 is 0. The number of rotatable bonds is 5. The van der Waals surface area contributed by atoms with Crippen LogP contribution in [0, 0.1) is 6.92 Å². The molecule has 106 valence electrons. The van der Waals surface area contributed by atoms with Gasteiger partial charge in [0.25, 0.3) is 0 Å². The van der Waals surface area contributed by atoms with Crippen molar-refractivity contribution in [3.8, 4) is 0 Å². The third-order valence-electron chi connectivity index (χ3n) is 3.25. The van der Waals surface area contributed by atoms with Gasteiger partial charge in [0.15, 0.2) is 0 Å². The zero-order valence-electron chi connectivity index (χ0n) is 11.9. The van der Waals surface area contributed by atoms with Gasteiger partial charge in [-0.05, 0) is 31.7 Å². The zero-order chi connectivity index (χ0) is 14.5. The molecule has 5 heteroatoms. The van der Waals surface area contributed by atoms with Crippen molar-refractivity contribution in [3.05, 3.63) is 41.6 Å². The molecule has 1 aromatic heterocycles. The summed E-state index contributed by atoms with van der Waals surface area (Å²) in [5.74, 6) is 0.257. The van der Waals surface area contributed by atoms with Gasteiger partial charge in [-0.2, -0.15) is 0 Å². The number of aryl methyl sites for hydroxylation is 1. The maximum atomic E-state index is 8.55. The van der Waals surface area contributed by atoms with Gasteiger partial charge in [0.05, 0.1) is 5.52 Å². The van der Waals surface area contributed by atoms with Crippen LogP contribution in [0.2, 0.25) is 0 Å². The van der Waals surface area contributed by atoms with E-state index in [0.717, 1.165) is 24.3 Å². The lowest BCUT2D eigenvalue weighted by atomic mass is 10.1. The van der Waals surface area contributed by atoms with Crippen LogP contribution in [0.1, 0.15) is 17.7 Å². The molecular weight excluding hydrogens is 252 g/mol. The van der Waals surface area contributed by atoms with E-state index in [4.69, 9.17) is 10.9 Å². The van der Waals surface area contributed by atoms with Gasteiger partial charge >= 0.3 is 0 Å². The second-order valence-corrected chi connectivity index (χ2v) is 5.02. The van der Waals surface area contributed by atoms with E-state index < -0.39 is 0 Å². The lowest BCUT2D eigenvalue weighted by Crippen LogP contribution is -2.24. The lowest BCUT2D eigenvalue weighted by Gasteiger charge is -2.17. The SMILES string of the molecule is Cc1cc(CN(C)CCC(N)=NO)c2ccccc2n1. The Hall–Kier alpha value is -2.14. The highest BCUT2D eigenvalue weighted by molar-refractivity contribution is 5.82. The average Bonchev–Trinajstić information content (AvgIpc) is 2.44. The summed E-state index contributed by atoms with van der Waals surface area (Å²) in [7, 11) is 2.02. The summed E-state index contributed by atoms with van der Waals surface area (Å²) in [5, 5.41) is 12.7. The van der Waals surface area contributed by atoms with Gasteiger partial charge in [-0.3, -0.25) is 4.98 Å². The highest BCUT2D eigenvalue weighted by Crippen LogP contribution is 2.19. The Morgan fingerprint density at radius 2 is 2.15 bits per heavy atom. The molecule has 0 amide bonds. The van der Waals surface area contributed by atoms with Crippen molar-refractivity contribution >= 4 is 16.7 Å². The normalized spacial score (nSPS) is 12.2. The molecule has 0 aliphatic carbocycles. The van der Waals surface area contributed by atoms with Crippen LogP contribution >= 0.6 is 0 Å². The van der Waals surface area contributed by atoms with Crippen LogP contribution in [0.5, 0.6) is 0 Å². The fourth-order valence-electron chi connectivity index (χ4n) is 2.25. The maximum absolute atomic E-state index is 8.55. The summed E-state index contributed by atoms with van der Waals surface area (Å²) in [4.78, 5) is 6.69. The largest absolute Gasteiger partial charge is 0.409 e.